The number of nitrogens with one attached hydrogen (secondary N) is 1. The van der Waals surface area contributed by atoms with Gasteiger partial charge in [-0.05, 0) is 56.2 Å². The summed E-state index contributed by atoms with van der Waals surface area (Å²) in [6.07, 6.45) is 1.53. The Hall–Kier alpha value is -0.610. The summed E-state index contributed by atoms with van der Waals surface area (Å²) in [4.78, 5) is 2.33. The first kappa shape index (κ1) is 15.8. The summed E-state index contributed by atoms with van der Waals surface area (Å²) in [6, 6.07) is 5.99. The molecule has 1 aromatic rings. The van der Waals surface area contributed by atoms with E-state index in [2.05, 4.69) is 30.1 Å². The maximum Gasteiger partial charge on any atom is 0.0920 e. The first-order chi connectivity index (χ1) is 9.59. The average molecular weight is 297 g/mol. The van der Waals surface area contributed by atoms with Crippen molar-refractivity contribution in [3.05, 3.63) is 34.3 Å². The van der Waals surface area contributed by atoms with Crippen LogP contribution >= 0.6 is 11.6 Å². The summed E-state index contributed by atoms with van der Waals surface area (Å²) in [5.41, 5.74) is 1.42. The number of halogens is 1. The Morgan fingerprint density at radius 1 is 1.25 bits per heavy atom. The second-order valence-electron chi connectivity index (χ2n) is 5.55. The topological polar surface area (TPSA) is 35.5 Å². The van der Waals surface area contributed by atoms with E-state index in [0.29, 0.717) is 0 Å². The van der Waals surface area contributed by atoms with Gasteiger partial charge in [-0.1, -0.05) is 37.6 Å². The molecule has 0 bridgehead atoms. The fourth-order valence-electron chi connectivity index (χ4n) is 2.80. The summed E-state index contributed by atoms with van der Waals surface area (Å²) < 4.78 is 0. The van der Waals surface area contributed by atoms with E-state index >= 15 is 0 Å². The van der Waals surface area contributed by atoms with Gasteiger partial charge >= 0.3 is 0 Å². The van der Waals surface area contributed by atoms with Gasteiger partial charge in [0, 0.05) is 11.6 Å². The summed E-state index contributed by atoms with van der Waals surface area (Å²) in [5.74, 6) is 0. The first-order valence-corrected chi connectivity index (χ1v) is 7.91. The minimum absolute atomic E-state index is 0.701. The fourth-order valence-corrected chi connectivity index (χ4v) is 2.98. The predicted octanol–water partition coefficient (Wildman–Crippen LogP) is 2.75. The third kappa shape index (κ3) is 3.53. The van der Waals surface area contributed by atoms with Crippen LogP contribution in [-0.2, 0) is 12.1 Å². The van der Waals surface area contributed by atoms with E-state index in [1.807, 2.05) is 12.1 Å². The molecule has 1 heterocycles. The molecule has 3 nitrogen and oxygen atoms in total. The lowest BCUT2D eigenvalue weighted by atomic mass is 9.84. The largest absolute Gasteiger partial charge is 0.385 e. The van der Waals surface area contributed by atoms with E-state index in [1.54, 1.807) is 0 Å². The van der Waals surface area contributed by atoms with Crippen molar-refractivity contribution in [3.63, 3.8) is 0 Å². The molecule has 4 heteroatoms. The van der Waals surface area contributed by atoms with Gasteiger partial charge < -0.3 is 10.4 Å². The average Bonchev–Trinajstić information content (AvgIpc) is 2.47. The van der Waals surface area contributed by atoms with Crippen molar-refractivity contribution >= 4 is 11.6 Å². The summed E-state index contributed by atoms with van der Waals surface area (Å²) >= 11 is 6.32. The number of rotatable bonds is 5. The number of piperidine rings is 1. The van der Waals surface area contributed by atoms with Gasteiger partial charge in [-0.3, -0.25) is 4.90 Å². The molecule has 1 aliphatic rings. The van der Waals surface area contributed by atoms with Gasteiger partial charge in [0.2, 0.25) is 0 Å². The number of hydrogen-bond donors (Lipinski definition) is 2. The van der Waals surface area contributed by atoms with Crippen molar-refractivity contribution in [2.24, 2.45) is 0 Å². The van der Waals surface area contributed by atoms with E-state index in [0.717, 1.165) is 61.7 Å². The van der Waals surface area contributed by atoms with Crippen LogP contribution in [0, 0.1) is 0 Å². The molecular formula is C16H25ClN2O. The molecule has 20 heavy (non-hydrogen) atoms. The third-order valence-corrected chi connectivity index (χ3v) is 4.67. The second kappa shape index (κ2) is 6.90. The molecule has 0 atom stereocenters. The van der Waals surface area contributed by atoms with E-state index in [-0.39, 0.29) is 0 Å². The maximum absolute atomic E-state index is 10.8. The highest BCUT2D eigenvalue weighted by molar-refractivity contribution is 6.31. The zero-order chi connectivity index (χ0) is 14.6. The zero-order valence-electron chi connectivity index (χ0n) is 12.5. The summed E-state index contributed by atoms with van der Waals surface area (Å²) in [7, 11) is 0. The Morgan fingerprint density at radius 3 is 2.50 bits per heavy atom. The van der Waals surface area contributed by atoms with Gasteiger partial charge in [-0.15, -0.1) is 0 Å². The minimum atomic E-state index is -0.701. The lowest BCUT2D eigenvalue weighted by Crippen LogP contribution is -2.39. The normalized spacial score (nSPS) is 18.4. The molecule has 1 aliphatic heterocycles. The van der Waals surface area contributed by atoms with Crippen LogP contribution in [0.4, 0.5) is 0 Å². The smallest absolute Gasteiger partial charge is 0.0920 e. The Labute approximate surface area is 126 Å². The molecule has 0 spiro atoms. The third-order valence-electron chi connectivity index (χ3n) is 4.30. The molecule has 0 radical (unpaired) electrons. The van der Waals surface area contributed by atoms with Crippen LogP contribution in [-0.4, -0.2) is 36.2 Å². The van der Waals surface area contributed by atoms with Crippen LogP contribution in [0.1, 0.15) is 37.8 Å². The predicted molar refractivity (Wildman–Crippen MR) is 84.1 cm³/mol. The van der Waals surface area contributed by atoms with Crippen LogP contribution in [0.3, 0.4) is 0 Å². The SMILES string of the molecule is CCN(CC)Cc1cc(C2(O)CCNCC2)ccc1Cl. The molecule has 0 amide bonds. The van der Waals surface area contributed by atoms with E-state index in [1.165, 1.54) is 0 Å². The number of hydrogen-bond acceptors (Lipinski definition) is 3. The monoisotopic (exact) mass is 296 g/mol. The van der Waals surface area contributed by atoms with Gasteiger partial charge in [0.05, 0.1) is 5.60 Å². The molecular weight excluding hydrogens is 272 g/mol. The second-order valence-corrected chi connectivity index (χ2v) is 5.96. The first-order valence-electron chi connectivity index (χ1n) is 7.53. The Bertz CT molecular complexity index is 440. The number of benzene rings is 1. The molecule has 112 valence electrons. The Morgan fingerprint density at radius 2 is 1.90 bits per heavy atom. The van der Waals surface area contributed by atoms with Gasteiger partial charge in [-0.25, -0.2) is 0 Å². The summed E-state index contributed by atoms with van der Waals surface area (Å²) in [5, 5.41) is 14.9. The Kier molecular flexibility index (Phi) is 5.44. The highest BCUT2D eigenvalue weighted by Crippen LogP contribution is 2.33. The van der Waals surface area contributed by atoms with Crippen molar-refractivity contribution < 1.29 is 5.11 Å². The quantitative estimate of drug-likeness (QED) is 0.877. The lowest BCUT2D eigenvalue weighted by molar-refractivity contribution is 0.00584. The van der Waals surface area contributed by atoms with E-state index < -0.39 is 5.60 Å². The molecule has 0 aliphatic carbocycles. The van der Waals surface area contributed by atoms with Gasteiger partial charge in [-0.2, -0.15) is 0 Å². The fraction of sp³-hybridized carbons (Fsp3) is 0.625. The molecule has 0 saturated carbocycles. The van der Waals surface area contributed by atoms with Crippen LogP contribution in [0.2, 0.25) is 5.02 Å². The molecule has 2 N–H and O–H groups in total. The highest BCUT2D eigenvalue weighted by atomic mass is 35.5. The van der Waals surface area contributed by atoms with Gasteiger partial charge in [0.1, 0.15) is 0 Å². The van der Waals surface area contributed by atoms with Crippen molar-refractivity contribution in [3.8, 4) is 0 Å². The van der Waals surface area contributed by atoms with Crippen LogP contribution < -0.4 is 5.32 Å². The molecule has 1 saturated heterocycles. The highest BCUT2D eigenvalue weighted by Gasteiger charge is 2.31. The molecule has 1 aromatic carbocycles. The van der Waals surface area contributed by atoms with Crippen LogP contribution in [0.25, 0.3) is 0 Å². The van der Waals surface area contributed by atoms with Crippen molar-refractivity contribution in [2.45, 2.75) is 38.8 Å². The molecule has 2 rings (SSSR count). The van der Waals surface area contributed by atoms with Crippen LogP contribution in [0.15, 0.2) is 18.2 Å². The van der Waals surface area contributed by atoms with Crippen LogP contribution in [0.5, 0.6) is 0 Å². The molecule has 0 aromatic heterocycles. The number of nitrogens with zero attached hydrogens (tertiary/aromatic N) is 1. The van der Waals surface area contributed by atoms with Crippen molar-refractivity contribution in [1.82, 2.24) is 10.2 Å². The number of aliphatic hydroxyl groups is 1. The lowest BCUT2D eigenvalue weighted by Gasteiger charge is -2.33. The van der Waals surface area contributed by atoms with E-state index in [4.69, 9.17) is 11.6 Å². The van der Waals surface area contributed by atoms with Gasteiger partial charge in [0.25, 0.3) is 0 Å². The standard InChI is InChI=1S/C16H25ClN2O/c1-3-19(4-2)12-13-11-14(5-6-15(13)17)16(20)7-9-18-10-8-16/h5-6,11,18,20H,3-4,7-10,12H2,1-2H3. The zero-order valence-corrected chi connectivity index (χ0v) is 13.2. The Balaban J connectivity index is 2.23. The minimum Gasteiger partial charge on any atom is -0.385 e. The van der Waals surface area contributed by atoms with Crippen molar-refractivity contribution in [1.29, 1.82) is 0 Å². The summed E-state index contributed by atoms with van der Waals surface area (Å²) in [6.45, 7) is 8.89. The maximum atomic E-state index is 10.8. The van der Waals surface area contributed by atoms with E-state index in [9.17, 15) is 5.11 Å². The van der Waals surface area contributed by atoms with Gasteiger partial charge in [0.15, 0.2) is 0 Å². The van der Waals surface area contributed by atoms with Crippen molar-refractivity contribution in [2.75, 3.05) is 26.2 Å². The molecule has 1 fully saturated rings. The molecule has 0 unspecified atom stereocenters.